The lowest BCUT2D eigenvalue weighted by molar-refractivity contribution is -0.134. The first-order chi connectivity index (χ1) is 16.0. The van der Waals surface area contributed by atoms with Gasteiger partial charge in [0.25, 0.3) is 0 Å². The van der Waals surface area contributed by atoms with Crippen LogP contribution in [-0.2, 0) is 20.7 Å². The van der Waals surface area contributed by atoms with Crippen LogP contribution in [0, 0.1) is 11.6 Å². The van der Waals surface area contributed by atoms with E-state index in [9.17, 15) is 14.4 Å². The van der Waals surface area contributed by atoms with E-state index in [1.807, 2.05) is 20.8 Å². The van der Waals surface area contributed by atoms with E-state index >= 15 is 8.78 Å². The average molecular weight is 478 g/mol. The largest absolute Gasteiger partial charge is 0.444 e. The molecule has 1 saturated carbocycles. The van der Waals surface area contributed by atoms with Gasteiger partial charge in [-0.1, -0.05) is 0 Å². The number of nitrogens with one attached hydrogen (secondary N) is 1. The first kappa shape index (κ1) is 24.4. The molecule has 1 unspecified atom stereocenters. The van der Waals surface area contributed by atoms with Crippen LogP contribution in [0.1, 0.15) is 76.3 Å². The molecule has 0 aromatic heterocycles. The van der Waals surface area contributed by atoms with Gasteiger partial charge in [-0.05, 0) is 71.3 Å². The summed E-state index contributed by atoms with van der Waals surface area (Å²) in [6, 6.07) is 0.723. The van der Waals surface area contributed by atoms with Crippen molar-refractivity contribution in [2.24, 2.45) is 0 Å². The van der Waals surface area contributed by atoms with Crippen LogP contribution in [0.25, 0.3) is 0 Å². The van der Waals surface area contributed by atoms with Crippen LogP contribution >= 0.6 is 0 Å². The molecule has 1 aliphatic carbocycles. The van der Waals surface area contributed by atoms with Crippen molar-refractivity contribution in [2.75, 3.05) is 18.5 Å². The van der Waals surface area contributed by atoms with Crippen molar-refractivity contribution in [1.82, 2.24) is 10.2 Å². The highest BCUT2D eigenvalue weighted by Crippen LogP contribution is 2.42. The Balaban J connectivity index is 1.47. The molecule has 3 amide bonds. The third-order valence-corrected chi connectivity index (χ3v) is 7.16. The molecule has 186 valence electrons. The summed E-state index contributed by atoms with van der Waals surface area (Å²) in [5.74, 6) is -2.12. The van der Waals surface area contributed by atoms with E-state index in [4.69, 9.17) is 4.74 Å². The molecule has 1 aromatic rings. The van der Waals surface area contributed by atoms with Crippen molar-refractivity contribution in [3.63, 3.8) is 0 Å². The van der Waals surface area contributed by atoms with Gasteiger partial charge in [0.2, 0.25) is 11.8 Å². The fourth-order valence-corrected chi connectivity index (χ4v) is 5.42. The quantitative estimate of drug-likeness (QED) is 0.666. The number of hydrogen-bond acceptors (Lipinski definition) is 5. The van der Waals surface area contributed by atoms with Crippen LogP contribution in [0.3, 0.4) is 0 Å². The van der Waals surface area contributed by atoms with Gasteiger partial charge in [0.1, 0.15) is 23.3 Å². The van der Waals surface area contributed by atoms with Gasteiger partial charge in [0.05, 0.1) is 0 Å². The number of nitrogens with zero attached hydrogens (tertiary/aromatic N) is 2. The highest BCUT2D eigenvalue weighted by Gasteiger charge is 2.39. The number of ether oxygens (including phenoxy) is 1. The van der Waals surface area contributed by atoms with Gasteiger partial charge in [-0.25, -0.2) is 13.6 Å². The molecule has 9 heteroatoms. The number of imide groups is 1. The third-order valence-electron chi connectivity index (χ3n) is 7.16. The smallest absolute Gasteiger partial charge is 0.410 e. The van der Waals surface area contributed by atoms with Gasteiger partial charge >= 0.3 is 6.09 Å². The number of piperidine rings is 1. The molecule has 1 saturated heterocycles. The first-order valence-corrected chi connectivity index (χ1v) is 12.0. The number of benzene rings is 1. The Kier molecular flexibility index (Phi) is 6.57. The normalized spacial score (nSPS) is 25.1. The standard InChI is InChI=1S/C25H33F2N3O4/c1-25(2,3)34-24(33)29(4)15-7-5-14(6-8-15)21-17(26)13-19-16(22(21)27)11-12-30(19)18-9-10-20(31)28-23(18)32/h13-15,18H,5-12H2,1-4H3,(H,28,31,32). The molecule has 2 aliphatic heterocycles. The molecule has 0 bridgehead atoms. The monoisotopic (exact) mass is 477 g/mol. The number of hydrogen-bond donors (Lipinski definition) is 1. The van der Waals surface area contributed by atoms with E-state index in [2.05, 4.69) is 5.32 Å². The van der Waals surface area contributed by atoms with E-state index in [-0.39, 0.29) is 35.9 Å². The predicted molar refractivity (Wildman–Crippen MR) is 123 cm³/mol. The number of rotatable bonds is 3. The van der Waals surface area contributed by atoms with Crippen LogP contribution in [0.2, 0.25) is 0 Å². The second-order valence-corrected chi connectivity index (χ2v) is 10.6. The Hall–Kier alpha value is -2.71. The summed E-state index contributed by atoms with van der Waals surface area (Å²) in [7, 11) is 1.71. The summed E-state index contributed by atoms with van der Waals surface area (Å²) in [5, 5.41) is 2.32. The molecule has 0 spiro atoms. The van der Waals surface area contributed by atoms with E-state index in [1.54, 1.807) is 16.8 Å². The maximum Gasteiger partial charge on any atom is 0.410 e. The van der Waals surface area contributed by atoms with Crippen molar-refractivity contribution in [2.45, 2.75) is 89.3 Å². The molecular weight excluding hydrogens is 444 g/mol. The number of fused-ring (bicyclic) bond motifs is 1. The zero-order chi connectivity index (χ0) is 24.8. The number of carbonyl (C=O) groups is 3. The molecule has 3 aliphatic rings. The Morgan fingerprint density at radius 3 is 2.41 bits per heavy atom. The highest BCUT2D eigenvalue weighted by atomic mass is 19.1. The molecule has 1 aromatic carbocycles. The van der Waals surface area contributed by atoms with E-state index in [1.165, 1.54) is 6.07 Å². The van der Waals surface area contributed by atoms with Gasteiger partial charge in [0.15, 0.2) is 0 Å². The zero-order valence-electron chi connectivity index (χ0n) is 20.2. The predicted octanol–water partition coefficient (Wildman–Crippen LogP) is 4.03. The van der Waals surface area contributed by atoms with Crippen molar-refractivity contribution in [3.05, 3.63) is 28.8 Å². The lowest BCUT2D eigenvalue weighted by Crippen LogP contribution is -2.52. The van der Waals surface area contributed by atoms with Crippen molar-refractivity contribution >= 4 is 23.6 Å². The second-order valence-electron chi connectivity index (χ2n) is 10.6. The lowest BCUT2D eigenvalue weighted by Gasteiger charge is -2.36. The summed E-state index contributed by atoms with van der Waals surface area (Å²) < 4.78 is 36.3. The van der Waals surface area contributed by atoms with E-state index in [0.29, 0.717) is 56.3 Å². The minimum Gasteiger partial charge on any atom is -0.444 e. The molecule has 4 rings (SSSR count). The fourth-order valence-electron chi connectivity index (χ4n) is 5.42. The highest BCUT2D eigenvalue weighted by molar-refractivity contribution is 6.02. The molecule has 1 N–H and O–H groups in total. The Morgan fingerprint density at radius 2 is 1.79 bits per heavy atom. The fraction of sp³-hybridized carbons (Fsp3) is 0.640. The summed E-state index contributed by atoms with van der Waals surface area (Å²) in [4.78, 5) is 39.5. The molecule has 1 atom stereocenters. The Labute approximate surface area is 198 Å². The van der Waals surface area contributed by atoms with Crippen molar-refractivity contribution < 1.29 is 27.9 Å². The lowest BCUT2D eigenvalue weighted by atomic mass is 9.80. The maximum absolute atomic E-state index is 15.6. The molecule has 2 heterocycles. The van der Waals surface area contributed by atoms with Crippen LogP contribution < -0.4 is 10.2 Å². The van der Waals surface area contributed by atoms with Gasteiger partial charge in [-0.2, -0.15) is 0 Å². The summed E-state index contributed by atoms with van der Waals surface area (Å²) in [6.07, 6.45) is 2.97. The minimum absolute atomic E-state index is 0.0327. The van der Waals surface area contributed by atoms with Gasteiger partial charge < -0.3 is 14.5 Å². The van der Waals surface area contributed by atoms with Crippen LogP contribution in [0.4, 0.5) is 19.3 Å². The number of anilines is 1. The SMILES string of the molecule is CN(C(=O)OC(C)(C)C)C1CCC(c2c(F)cc3c(c2F)CCN3C2CCC(=O)NC2=O)CC1. The molecule has 0 radical (unpaired) electrons. The maximum atomic E-state index is 15.6. The average Bonchev–Trinajstić information content (AvgIpc) is 3.16. The molecule has 2 fully saturated rings. The Bertz CT molecular complexity index is 999. The number of carbonyl (C=O) groups excluding carboxylic acids is 3. The minimum atomic E-state index is -0.598. The second kappa shape index (κ2) is 9.15. The molecule has 7 nitrogen and oxygen atoms in total. The van der Waals surface area contributed by atoms with Crippen LogP contribution in [0.5, 0.6) is 0 Å². The Morgan fingerprint density at radius 1 is 1.12 bits per heavy atom. The summed E-state index contributed by atoms with van der Waals surface area (Å²) >= 11 is 0. The number of halogens is 2. The first-order valence-electron chi connectivity index (χ1n) is 12.0. The van der Waals surface area contributed by atoms with Gasteiger partial charge in [0, 0.05) is 42.9 Å². The van der Waals surface area contributed by atoms with Crippen molar-refractivity contribution in [1.29, 1.82) is 0 Å². The van der Waals surface area contributed by atoms with Gasteiger partial charge in [-0.15, -0.1) is 0 Å². The molecular formula is C25H33F2N3O4. The van der Waals surface area contributed by atoms with Crippen molar-refractivity contribution in [3.8, 4) is 0 Å². The summed E-state index contributed by atoms with van der Waals surface area (Å²) in [5.41, 5.74) is 0.379. The summed E-state index contributed by atoms with van der Waals surface area (Å²) in [6.45, 7) is 5.86. The van der Waals surface area contributed by atoms with Gasteiger partial charge in [-0.3, -0.25) is 14.9 Å². The number of amides is 3. The zero-order valence-corrected chi connectivity index (χ0v) is 20.2. The third kappa shape index (κ3) is 4.74. The van der Waals surface area contributed by atoms with Crippen LogP contribution in [0.15, 0.2) is 6.07 Å². The molecule has 34 heavy (non-hydrogen) atoms. The van der Waals surface area contributed by atoms with Crippen LogP contribution in [-0.4, -0.2) is 54.1 Å². The van der Waals surface area contributed by atoms with E-state index in [0.717, 1.165) is 0 Å². The van der Waals surface area contributed by atoms with E-state index < -0.39 is 29.2 Å². The topological polar surface area (TPSA) is 79.0 Å².